The van der Waals surface area contributed by atoms with E-state index in [1.807, 2.05) is 0 Å². The summed E-state index contributed by atoms with van der Waals surface area (Å²) in [7, 11) is 0. The molecule has 6 heteroatoms. The molecule has 4 aromatic carbocycles. The molecular weight excluding hydrogens is 588 g/mol. The Morgan fingerprint density at radius 2 is 0.809 bits per heavy atom. The number of rotatable bonds is 22. The van der Waals surface area contributed by atoms with Crippen molar-refractivity contribution >= 4 is 0 Å². The molecule has 0 radical (unpaired) electrons. The highest BCUT2D eigenvalue weighted by Crippen LogP contribution is 2.56. The lowest BCUT2D eigenvalue weighted by atomic mass is 9.68. The molecule has 4 aromatic rings. The van der Waals surface area contributed by atoms with Gasteiger partial charge in [0.1, 0.15) is 24.7 Å². The zero-order valence-corrected chi connectivity index (χ0v) is 27.6. The SMILES string of the molecule is OCCCCCCOCCOc1ccc(C2(c3ccc(OCCOCCCCCCO)cc3)c3ccccc3-c3ccccc32)cc1. The Balaban J connectivity index is 1.28. The first-order chi connectivity index (χ1) is 23.3. The van der Waals surface area contributed by atoms with Crippen molar-refractivity contribution in [3.8, 4) is 22.6 Å². The summed E-state index contributed by atoms with van der Waals surface area (Å²) in [5, 5.41) is 17.8. The van der Waals surface area contributed by atoms with Crippen molar-refractivity contribution in [1.82, 2.24) is 0 Å². The molecule has 250 valence electrons. The minimum atomic E-state index is -0.484. The van der Waals surface area contributed by atoms with Gasteiger partial charge in [-0.25, -0.2) is 0 Å². The molecule has 0 unspecified atom stereocenters. The monoisotopic (exact) mass is 638 g/mol. The Hall–Kier alpha value is -3.68. The molecule has 5 rings (SSSR count). The number of aliphatic hydroxyl groups is 2. The summed E-state index contributed by atoms with van der Waals surface area (Å²) in [6, 6.07) is 34.5. The number of benzene rings is 4. The summed E-state index contributed by atoms with van der Waals surface area (Å²) in [6.45, 7) is 4.09. The van der Waals surface area contributed by atoms with E-state index in [1.165, 1.54) is 33.4 Å². The largest absolute Gasteiger partial charge is 0.491 e. The van der Waals surface area contributed by atoms with Crippen LogP contribution in [-0.2, 0) is 14.9 Å². The van der Waals surface area contributed by atoms with E-state index in [1.54, 1.807) is 0 Å². The lowest BCUT2D eigenvalue weighted by molar-refractivity contribution is 0.0968. The summed E-state index contributed by atoms with van der Waals surface area (Å²) in [4.78, 5) is 0. The van der Waals surface area contributed by atoms with Crippen LogP contribution < -0.4 is 9.47 Å². The summed E-state index contributed by atoms with van der Waals surface area (Å²) in [5.41, 5.74) is 6.93. The van der Waals surface area contributed by atoms with Crippen LogP contribution in [0.1, 0.15) is 73.6 Å². The second kappa shape index (κ2) is 18.6. The van der Waals surface area contributed by atoms with Crippen LogP contribution in [0.4, 0.5) is 0 Å². The van der Waals surface area contributed by atoms with E-state index in [4.69, 9.17) is 29.2 Å². The number of aliphatic hydroxyl groups excluding tert-OH is 2. The van der Waals surface area contributed by atoms with E-state index in [2.05, 4.69) is 97.1 Å². The Labute approximate surface area is 280 Å². The number of unbranched alkanes of at least 4 members (excludes halogenated alkanes) is 6. The standard InChI is InChI=1S/C41H50O6/c42-25-9-1-3-11-27-44-29-31-46-35-21-17-33(18-22-35)41(39-15-7-5-13-37(39)38-14-6-8-16-40(38)41)34-19-23-36(24-20-34)47-32-30-45-28-12-4-2-10-26-43/h5-8,13-24,42-43H,1-4,9-12,25-32H2. The molecule has 0 saturated carbocycles. The van der Waals surface area contributed by atoms with Gasteiger partial charge in [-0.1, -0.05) is 98.5 Å². The third kappa shape index (κ3) is 8.82. The van der Waals surface area contributed by atoms with Gasteiger partial charge < -0.3 is 29.2 Å². The van der Waals surface area contributed by atoms with E-state index < -0.39 is 5.41 Å². The van der Waals surface area contributed by atoms with Crippen molar-refractivity contribution in [1.29, 1.82) is 0 Å². The summed E-state index contributed by atoms with van der Waals surface area (Å²) < 4.78 is 23.6. The van der Waals surface area contributed by atoms with Crippen LogP contribution in [0.5, 0.6) is 11.5 Å². The van der Waals surface area contributed by atoms with Crippen LogP contribution in [0.3, 0.4) is 0 Å². The second-order valence-electron chi connectivity index (χ2n) is 12.1. The van der Waals surface area contributed by atoms with Gasteiger partial charge in [-0.2, -0.15) is 0 Å². The molecule has 0 saturated heterocycles. The molecule has 0 aromatic heterocycles. The van der Waals surface area contributed by atoms with Crippen molar-refractivity contribution < 1.29 is 29.2 Å². The van der Waals surface area contributed by atoms with Crippen LogP contribution in [0.15, 0.2) is 97.1 Å². The van der Waals surface area contributed by atoms with Crippen molar-refractivity contribution in [2.75, 3.05) is 52.9 Å². The van der Waals surface area contributed by atoms with Crippen molar-refractivity contribution in [2.45, 2.75) is 56.8 Å². The van der Waals surface area contributed by atoms with Gasteiger partial charge in [0.25, 0.3) is 0 Å². The smallest absolute Gasteiger partial charge is 0.119 e. The van der Waals surface area contributed by atoms with Gasteiger partial charge in [0, 0.05) is 26.4 Å². The van der Waals surface area contributed by atoms with Gasteiger partial charge in [0.2, 0.25) is 0 Å². The molecule has 1 aliphatic carbocycles. The first-order valence-corrected chi connectivity index (χ1v) is 17.3. The third-order valence-electron chi connectivity index (χ3n) is 8.91. The highest BCUT2D eigenvalue weighted by Gasteiger charge is 2.45. The van der Waals surface area contributed by atoms with E-state index in [-0.39, 0.29) is 13.2 Å². The van der Waals surface area contributed by atoms with Crippen LogP contribution >= 0.6 is 0 Å². The summed E-state index contributed by atoms with van der Waals surface area (Å²) >= 11 is 0. The molecule has 6 nitrogen and oxygen atoms in total. The van der Waals surface area contributed by atoms with Crippen molar-refractivity contribution in [3.63, 3.8) is 0 Å². The lowest BCUT2D eigenvalue weighted by Crippen LogP contribution is -2.28. The second-order valence-corrected chi connectivity index (χ2v) is 12.1. The zero-order valence-electron chi connectivity index (χ0n) is 27.6. The number of hydrogen-bond acceptors (Lipinski definition) is 6. The molecule has 0 aliphatic heterocycles. The van der Waals surface area contributed by atoms with Crippen LogP contribution in [0.2, 0.25) is 0 Å². The quantitative estimate of drug-likeness (QED) is 0.0750. The summed E-state index contributed by atoms with van der Waals surface area (Å²) in [5.74, 6) is 1.65. The molecule has 0 amide bonds. The van der Waals surface area contributed by atoms with E-state index in [0.29, 0.717) is 26.4 Å². The predicted octanol–water partition coefficient (Wildman–Crippen LogP) is 7.95. The fourth-order valence-corrected chi connectivity index (χ4v) is 6.61. The maximum absolute atomic E-state index is 8.90. The van der Waals surface area contributed by atoms with E-state index in [9.17, 15) is 0 Å². The zero-order chi connectivity index (χ0) is 32.6. The summed E-state index contributed by atoms with van der Waals surface area (Å²) in [6.07, 6.45) is 7.98. The Kier molecular flexibility index (Phi) is 13.7. The average Bonchev–Trinajstić information content (AvgIpc) is 3.42. The normalized spacial score (nSPS) is 12.9. The molecule has 0 spiro atoms. The molecule has 47 heavy (non-hydrogen) atoms. The van der Waals surface area contributed by atoms with Gasteiger partial charge in [-0.15, -0.1) is 0 Å². The minimum absolute atomic E-state index is 0.264. The van der Waals surface area contributed by atoms with Gasteiger partial charge in [-0.3, -0.25) is 0 Å². The fourth-order valence-electron chi connectivity index (χ4n) is 6.61. The Morgan fingerprint density at radius 1 is 0.404 bits per heavy atom. The highest BCUT2D eigenvalue weighted by atomic mass is 16.5. The molecule has 0 atom stereocenters. The minimum Gasteiger partial charge on any atom is -0.491 e. The fraction of sp³-hybridized carbons (Fsp3) is 0.415. The number of hydrogen-bond donors (Lipinski definition) is 2. The molecule has 0 heterocycles. The van der Waals surface area contributed by atoms with Crippen LogP contribution in [0, 0.1) is 0 Å². The van der Waals surface area contributed by atoms with Crippen molar-refractivity contribution in [2.24, 2.45) is 0 Å². The predicted molar refractivity (Wildman–Crippen MR) is 187 cm³/mol. The first kappa shape index (κ1) is 34.6. The molecular formula is C41H50O6. The number of ether oxygens (including phenoxy) is 4. The number of fused-ring (bicyclic) bond motifs is 3. The third-order valence-corrected chi connectivity index (χ3v) is 8.91. The molecule has 1 aliphatic rings. The van der Waals surface area contributed by atoms with Crippen LogP contribution in [-0.4, -0.2) is 63.1 Å². The Bertz CT molecular complexity index is 1350. The van der Waals surface area contributed by atoms with E-state index in [0.717, 1.165) is 76.1 Å². The highest BCUT2D eigenvalue weighted by molar-refractivity contribution is 5.86. The molecule has 2 N–H and O–H groups in total. The van der Waals surface area contributed by atoms with Gasteiger partial charge in [0.15, 0.2) is 0 Å². The van der Waals surface area contributed by atoms with Crippen LogP contribution in [0.25, 0.3) is 11.1 Å². The topological polar surface area (TPSA) is 77.4 Å². The van der Waals surface area contributed by atoms with Gasteiger partial charge >= 0.3 is 0 Å². The Morgan fingerprint density at radius 3 is 1.23 bits per heavy atom. The maximum atomic E-state index is 8.90. The molecule has 0 bridgehead atoms. The average molecular weight is 639 g/mol. The van der Waals surface area contributed by atoms with Gasteiger partial charge in [0.05, 0.1) is 18.6 Å². The lowest BCUT2D eigenvalue weighted by Gasteiger charge is -2.34. The maximum Gasteiger partial charge on any atom is 0.119 e. The van der Waals surface area contributed by atoms with Gasteiger partial charge in [-0.05, 0) is 83.3 Å². The van der Waals surface area contributed by atoms with E-state index >= 15 is 0 Å². The molecule has 0 fully saturated rings. The van der Waals surface area contributed by atoms with Crippen molar-refractivity contribution in [3.05, 3.63) is 119 Å². The first-order valence-electron chi connectivity index (χ1n) is 17.3.